The van der Waals surface area contributed by atoms with Crippen LogP contribution in [0.5, 0.6) is 0 Å². The highest BCUT2D eigenvalue weighted by Crippen LogP contribution is 2.17. The zero-order chi connectivity index (χ0) is 13.5. The largest absolute Gasteiger partial charge is 0.360 e. The molecular formula is C16H24N2S. The fourth-order valence-electron chi connectivity index (χ4n) is 2.62. The van der Waals surface area contributed by atoms with Crippen LogP contribution < -0.4 is 10.6 Å². The molecule has 3 heteroatoms. The van der Waals surface area contributed by atoms with Crippen LogP contribution in [-0.2, 0) is 6.42 Å². The number of nitrogens with one attached hydrogen (secondary N) is 2. The minimum absolute atomic E-state index is 0.418. The van der Waals surface area contributed by atoms with E-state index < -0.39 is 0 Å². The van der Waals surface area contributed by atoms with Crippen molar-refractivity contribution in [3.05, 3.63) is 35.9 Å². The van der Waals surface area contributed by atoms with E-state index in [4.69, 9.17) is 12.2 Å². The van der Waals surface area contributed by atoms with Gasteiger partial charge < -0.3 is 10.6 Å². The van der Waals surface area contributed by atoms with Crippen LogP contribution in [0.4, 0.5) is 0 Å². The van der Waals surface area contributed by atoms with Crippen LogP contribution in [-0.4, -0.2) is 17.2 Å². The fourth-order valence-corrected chi connectivity index (χ4v) is 2.99. The van der Waals surface area contributed by atoms with Crippen LogP contribution in [0.3, 0.4) is 0 Å². The molecule has 2 rings (SSSR count). The first kappa shape index (κ1) is 14.3. The van der Waals surface area contributed by atoms with E-state index in [1.165, 1.54) is 31.2 Å². The van der Waals surface area contributed by atoms with Crippen molar-refractivity contribution >= 4 is 17.3 Å². The summed E-state index contributed by atoms with van der Waals surface area (Å²) in [7, 11) is 0. The van der Waals surface area contributed by atoms with Crippen molar-refractivity contribution in [3.63, 3.8) is 0 Å². The first-order valence-corrected chi connectivity index (χ1v) is 7.76. The summed E-state index contributed by atoms with van der Waals surface area (Å²) in [6.07, 6.45) is 7.41. The summed E-state index contributed by atoms with van der Waals surface area (Å²) >= 11 is 5.38. The first-order valence-electron chi connectivity index (χ1n) is 7.35. The number of hydrogen-bond acceptors (Lipinski definition) is 1. The van der Waals surface area contributed by atoms with Crippen LogP contribution in [0.1, 0.15) is 44.6 Å². The maximum atomic E-state index is 5.38. The average molecular weight is 276 g/mol. The Balaban J connectivity index is 1.65. The van der Waals surface area contributed by atoms with Gasteiger partial charge >= 0.3 is 0 Å². The Bertz CT molecular complexity index is 385. The van der Waals surface area contributed by atoms with Gasteiger partial charge in [-0.05, 0) is 50.4 Å². The maximum absolute atomic E-state index is 5.38. The molecule has 2 N–H and O–H groups in total. The van der Waals surface area contributed by atoms with Gasteiger partial charge in [0.05, 0.1) is 0 Å². The predicted octanol–water partition coefficient (Wildman–Crippen LogP) is 3.41. The predicted molar refractivity (Wildman–Crippen MR) is 85.4 cm³/mol. The van der Waals surface area contributed by atoms with Crippen molar-refractivity contribution in [2.24, 2.45) is 0 Å². The van der Waals surface area contributed by atoms with Crippen molar-refractivity contribution in [1.29, 1.82) is 0 Å². The van der Waals surface area contributed by atoms with Crippen molar-refractivity contribution < 1.29 is 0 Å². The molecular weight excluding hydrogens is 252 g/mol. The zero-order valence-electron chi connectivity index (χ0n) is 11.7. The van der Waals surface area contributed by atoms with Gasteiger partial charge in [-0.15, -0.1) is 0 Å². The molecule has 1 aromatic rings. The number of aryl methyl sites for hydroxylation is 1. The summed E-state index contributed by atoms with van der Waals surface area (Å²) in [4.78, 5) is 0. The number of thiocarbonyl (C=S) groups is 1. The smallest absolute Gasteiger partial charge is 0.166 e. The van der Waals surface area contributed by atoms with Gasteiger partial charge in [-0.2, -0.15) is 0 Å². The topological polar surface area (TPSA) is 24.1 Å². The Morgan fingerprint density at radius 1 is 1.26 bits per heavy atom. The minimum atomic E-state index is 0.418. The van der Waals surface area contributed by atoms with Crippen molar-refractivity contribution in [2.75, 3.05) is 0 Å². The molecule has 104 valence electrons. The maximum Gasteiger partial charge on any atom is 0.166 e. The van der Waals surface area contributed by atoms with E-state index >= 15 is 0 Å². The average Bonchev–Trinajstić information content (AvgIpc) is 2.90. The molecule has 0 aliphatic heterocycles. The molecule has 1 unspecified atom stereocenters. The zero-order valence-corrected chi connectivity index (χ0v) is 12.5. The quantitative estimate of drug-likeness (QED) is 0.806. The van der Waals surface area contributed by atoms with Gasteiger partial charge in [0, 0.05) is 12.1 Å². The second-order valence-corrected chi connectivity index (χ2v) is 5.93. The molecule has 2 nitrogen and oxygen atoms in total. The SMILES string of the molecule is CC(CCc1ccccc1)NC(=S)NC1CCCC1. The van der Waals surface area contributed by atoms with Crippen molar-refractivity contribution in [3.8, 4) is 0 Å². The molecule has 1 aliphatic carbocycles. The van der Waals surface area contributed by atoms with Crippen LogP contribution >= 0.6 is 12.2 Å². The molecule has 1 aromatic carbocycles. The standard InChI is InChI=1S/C16H24N2S/c1-13(11-12-14-7-3-2-4-8-14)17-16(19)18-15-9-5-6-10-15/h2-4,7-8,13,15H,5-6,9-12H2,1H3,(H2,17,18,19). The summed E-state index contributed by atoms with van der Waals surface area (Å²) in [5, 5.41) is 7.65. The third-order valence-corrected chi connectivity index (χ3v) is 4.01. The summed E-state index contributed by atoms with van der Waals surface area (Å²) in [5.41, 5.74) is 1.39. The molecule has 0 bridgehead atoms. The number of benzene rings is 1. The molecule has 0 aromatic heterocycles. The highest BCUT2D eigenvalue weighted by Gasteiger charge is 2.15. The van der Waals surface area contributed by atoms with E-state index in [9.17, 15) is 0 Å². The molecule has 19 heavy (non-hydrogen) atoms. The van der Waals surface area contributed by atoms with Gasteiger partial charge in [0.25, 0.3) is 0 Å². The van der Waals surface area contributed by atoms with Gasteiger partial charge in [0.2, 0.25) is 0 Å². The molecule has 1 fully saturated rings. The van der Waals surface area contributed by atoms with Gasteiger partial charge in [-0.25, -0.2) is 0 Å². The number of rotatable bonds is 5. The molecule has 0 heterocycles. The van der Waals surface area contributed by atoms with E-state index in [-0.39, 0.29) is 0 Å². The molecule has 0 amide bonds. The highest BCUT2D eigenvalue weighted by atomic mass is 32.1. The van der Waals surface area contributed by atoms with E-state index in [1.807, 2.05) is 0 Å². The van der Waals surface area contributed by atoms with E-state index in [0.717, 1.165) is 18.0 Å². The lowest BCUT2D eigenvalue weighted by Gasteiger charge is -2.20. The second kappa shape index (κ2) is 7.49. The molecule has 1 saturated carbocycles. The summed E-state index contributed by atoms with van der Waals surface area (Å²) in [6, 6.07) is 11.6. The minimum Gasteiger partial charge on any atom is -0.360 e. The lowest BCUT2D eigenvalue weighted by Crippen LogP contribution is -2.44. The fraction of sp³-hybridized carbons (Fsp3) is 0.562. The van der Waals surface area contributed by atoms with Crippen molar-refractivity contribution in [1.82, 2.24) is 10.6 Å². The molecule has 1 aliphatic rings. The van der Waals surface area contributed by atoms with Crippen molar-refractivity contribution in [2.45, 2.75) is 57.5 Å². The Morgan fingerprint density at radius 3 is 2.63 bits per heavy atom. The Hall–Kier alpha value is -1.09. The van der Waals surface area contributed by atoms with Gasteiger partial charge in [-0.1, -0.05) is 43.2 Å². The van der Waals surface area contributed by atoms with E-state index in [1.54, 1.807) is 0 Å². The van der Waals surface area contributed by atoms with Crippen LogP contribution in [0, 0.1) is 0 Å². The summed E-state index contributed by atoms with van der Waals surface area (Å²) < 4.78 is 0. The van der Waals surface area contributed by atoms with Crippen LogP contribution in [0.25, 0.3) is 0 Å². The second-order valence-electron chi connectivity index (χ2n) is 5.52. The first-order chi connectivity index (χ1) is 9.24. The lowest BCUT2D eigenvalue weighted by atomic mass is 10.1. The molecule has 1 atom stereocenters. The third kappa shape index (κ3) is 5.19. The van der Waals surface area contributed by atoms with Gasteiger partial charge in [0.1, 0.15) is 0 Å². The molecule has 0 saturated heterocycles. The number of hydrogen-bond donors (Lipinski definition) is 2. The Morgan fingerprint density at radius 2 is 1.95 bits per heavy atom. The van der Waals surface area contributed by atoms with Gasteiger partial charge in [0.15, 0.2) is 5.11 Å². The molecule has 0 spiro atoms. The molecule has 0 radical (unpaired) electrons. The Labute approximate surface area is 122 Å². The third-order valence-electron chi connectivity index (χ3n) is 3.78. The van der Waals surface area contributed by atoms with E-state index in [2.05, 4.69) is 47.9 Å². The summed E-state index contributed by atoms with van der Waals surface area (Å²) in [5.74, 6) is 0. The lowest BCUT2D eigenvalue weighted by molar-refractivity contribution is 0.572. The van der Waals surface area contributed by atoms with Crippen LogP contribution in [0.2, 0.25) is 0 Å². The normalized spacial score (nSPS) is 17.1. The monoisotopic (exact) mass is 276 g/mol. The van der Waals surface area contributed by atoms with E-state index in [0.29, 0.717) is 12.1 Å². The Kier molecular flexibility index (Phi) is 5.64. The highest BCUT2D eigenvalue weighted by molar-refractivity contribution is 7.80. The van der Waals surface area contributed by atoms with Crippen LogP contribution in [0.15, 0.2) is 30.3 Å². The van der Waals surface area contributed by atoms with Gasteiger partial charge in [-0.3, -0.25) is 0 Å². The summed E-state index contributed by atoms with van der Waals surface area (Å²) in [6.45, 7) is 2.20.